The van der Waals surface area contributed by atoms with Crippen molar-refractivity contribution in [1.29, 1.82) is 0 Å². The van der Waals surface area contributed by atoms with Gasteiger partial charge in [0.1, 0.15) is 0 Å². The van der Waals surface area contributed by atoms with Crippen LogP contribution >= 0.6 is 22.6 Å². The molecule has 0 aliphatic rings. The van der Waals surface area contributed by atoms with E-state index in [1.807, 2.05) is 0 Å². The van der Waals surface area contributed by atoms with Gasteiger partial charge >= 0.3 is 5.97 Å². The highest BCUT2D eigenvalue weighted by Crippen LogP contribution is 2.07. The third-order valence-electron chi connectivity index (χ3n) is 2.89. The van der Waals surface area contributed by atoms with Crippen molar-refractivity contribution in [2.45, 2.75) is 57.8 Å². The summed E-state index contributed by atoms with van der Waals surface area (Å²) in [5.74, 6) is -0.675. The van der Waals surface area contributed by atoms with Crippen molar-refractivity contribution in [3.8, 4) is 0 Å². The second kappa shape index (κ2) is 16.5. The molecule has 0 aromatic rings. The topological polar surface area (TPSA) is 37.3 Å². The molecule has 0 aliphatic heterocycles. The predicted octanol–water partition coefficient (Wildman–Crippen LogP) is 5.69. The molecule has 0 aromatic carbocycles. The zero-order valence-electron chi connectivity index (χ0n) is 12.3. The zero-order valence-corrected chi connectivity index (χ0v) is 14.4. The van der Waals surface area contributed by atoms with Gasteiger partial charge in [-0.15, -0.1) is 0 Å². The molecule has 114 valence electrons. The average Bonchev–Trinajstić information content (AvgIpc) is 2.43. The Morgan fingerprint density at radius 2 is 1.35 bits per heavy atom. The summed E-state index contributed by atoms with van der Waals surface area (Å²) >= 11 is 2.34. The predicted molar refractivity (Wildman–Crippen MR) is 95.5 cm³/mol. The van der Waals surface area contributed by atoms with Crippen LogP contribution < -0.4 is 0 Å². The highest BCUT2D eigenvalue weighted by atomic mass is 127. The Bertz CT molecular complexity index is 306. The van der Waals surface area contributed by atoms with Gasteiger partial charge in [-0.2, -0.15) is 0 Å². The Morgan fingerprint density at radius 3 is 2.00 bits per heavy atom. The molecule has 2 nitrogen and oxygen atoms in total. The molecule has 0 saturated carbocycles. The number of rotatable bonds is 13. The first-order valence-electron chi connectivity index (χ1n) is 7.50. The van der Waals surface area contributed by atoms with Crippen molar-refractivity contribution in [1.82, 2.24) is 0 Å². The Hall–Kier alpha value is -0.580. The van der Waals surface area contributed by atoms with E-state index in [2.05, 4.69) is 59.0 Å². The number of hydrogen-bond donors (Lipinski definition) is 1. The van der Waals surface area contributed by atoms with Crippen molar-refractivity contribution >= 4 is 28.6 Å². The molecule has 0 saturated heterocycles. The molecule has 3 heteroatoms. The lowest BCUT2D eigenvalue weighted by Crippen LogP contribution is -1.93. The summed E-state index contributed by atoms with van der Waals surface area (Å²) in [5, 5.41) is 8.50. The molecular weight excluding hydrogens is 363 g/mol. The van der Waals surface area contributed by atoms with Crippen LogP contribution in [0.4, 0.5) is 0 Å². The van der Waals surface area contributed by atoms with Gasteiger partial charge in [0, 0.05) is 10.8 Å². The fourth-order valence-electron chi connectivity index (χ4n) is 1.79. The first kappa shape index (κ1) is 19.4. The minimum Gasteiger partial charge on any atom is -0.481 e. The normalized spacial score (nSPS) is 12.1. The van der Waals surface area contributed by atoms with Gasteiger partial charge < -0.3 is 5.11 Å². The van der Waals surface area contributed by atoms with Gasteiger partial charge in [-0.3, -0.25) is 4.79 Å². The van der Waals surface area contributed by atoms with Crippen LogP contribution in [0.5, 0.6) is 0 Å². The van der Waals surface area contributed by atoms with Crippen LogP contribution in [0.3, 0.4) is 0 Å². The maximum Gasteiger partial charge on any atom is 0.303 e. The maximum atomic E-state index is 10.3. The van der Waals surface area contributed by atoms with Crippen LogP contribution in [0.1, 0.15) is 57.8 Å². The molecule has 0 aromatic heterocycles. The van der Waals surface area contributed by atoms with Crippen LogP contribution in [0.15, 0.2) is 36.5 Å². The minimum absolute atomic E-state index is 0.319. The summed E-state index contributed by atoms with van der Waals surface area (Å²) in [6, 6.07) is 0. The van der Waals surface area contributed by atoms with Gasteiger partial charge in [0.05, 0.1) is 0 Å². The lowest BCUT2D eigenvalue weighted by atomic mass is 10.1. The Kier molecular flexibility index (Phi) is 16.0. The van der Waals surface area contributed by atoms with E-state index in [9.17, 15) is 4.79 Å². The van der Waals surface area contributed by atoms with Crippen molar-refractivity contribution in [2.75, 3.05) is 4.43 Å². The summed E-state index contributed by atoms with van der Waals surface area (Å²) in [6.07, 6.45) is 22.2. The van der Waals surface area contributed by atoms with Gasteiger partial charge in [0.15, 0.2) is 0 Å². The quantitative estimate of drug-likeness (QED) is 0.190. The number of carboxylic acid groups (broad SMARTS) is 1. The number of halogens is 1. The van der Waals surface area contributed by atoms with Crippen LogP contribution in [0, 0.1) is 0 Å². The fourth-order valence-corrected chi connectivity index (χ4v) is 2.15. The van der Waals surface area contributed by atoms with E-state index in [-0.39, 0.29) is 0 Å². The molecule has 0 atom stereocenters. The first-order valence-corrected chi connectivity index (χ1v) is 9.02. The van der Waals surface area contributed by atoms with E-state index in [1.165, 1.54) is 12.8 Å². The molecule has 20 heavy (non-hydrogen) atoms. The van der Waals surface area contributed by atoms with Gasteiger partial charge in [-0.25, -0.2) is 0 Å². The molecule has 0 heterocycles. The number of alkyl halides is 1. The average molecular weight is 390 g/mol. The molecule has 0 spiro atoms. The summed E-state index contributed by atoms with van der Waals surface area (Å²) in [5.41, 5.74) is 0. The lowest BCUT2D eigenvalue weighted by Gasteiger charge is -1.98. The number of carboxylic acids is 1. The SMILES string of the molecule is O=C(O)CCCCCCC/C=C\C/C=C\C/C=C\CI. The van der Waals surface area contributed by atoms with E-state index in [0.29, 0.717) is 6.42 Å². The van der Waals surface area contributed by atoms with E-state index in [1.54, 1.807) is 0 Å². The largest absolute Gasteiger partial charge is 0.481 e. The Balaban J connectivity index is 3.23. The Morgan fingerprint density at radius 1 is 0.800 bits per heavy atom. The van der Waals surface area contributed by atoms with Gasteiger partial charge in [0.2, 0.25) is 0 Å². The zero-order chi connectivity index (χ0) is 14.9. The van der Waals surface area contributed by atoms with Crippen LogP contribution in [-0.2, 0) is 4.79 Å². The number of aliphatic carboxylic acids is 1. The number of hydrogen-bond acceptors (Lipinski definition) is 1. The van der Waals surface area contributed by atoms with Crippen LogP contribution in [0.25, 0.3) is 0 Å². The number of unbranched alkanes of at least 4 members (excludes halogenated alkanes) is 5. The highest BCUT2D eigenvalue weighted by molar-refractivity contribution is 14.1. The Labute approximate surface area is 137 Å². The summed E-state index contributed by atoms with van der Waals surface area (Å²) in [4.78, 5) is 10.3. The molecule has 0 amide bonds. The number of allylic oxidation sites excluding steroid dienone is 6. The minimum atomic E-state index is -0.675. The first-order chi connectivity index (χ1) is 9.77. The molecular formula is C17H27IO2. The second-order valence-electron chi connectivity index (χ2n) is 4.74. The standard InChI is InChI=1S/C17H27IO2/c18-16-14-12-10-8-6-4-2-1-3-5-7-9-11-13-15-17(19)20/h1-2,6,8,12,14H,3-5,7,9-11,13,15-16H2,(H,19,20)/b2-1-,8-6-,14-12-. The summed E-state index contributed by atoms with van der Waals surface area (Å²) in [6.45, 7) is 0. The molecule has 0 aliphatic carbocycles. The van der Waals surface area contributed by atoms with E-state index in [0.717, 1.165) is 43.0 Å². The van der Waals surface area contributed by atoms with Crippen molar-refractivity contribution in [2.24, 2.45) is 0 Å². The van der Waals surface area contributed by atoms with Gasteiger partial charge in [-0.1, -0.05) is 78.3 Å². The number of carbonyl (C=O) groups is 1. The summed E-state index contributed by atoms with van der Waals surface area (Å²) in [7, 11) is 0. The van der Waals surface area contributed by atoms with E-state index in [4.69, 9.17) is 5.11 Å². The van der Waals surface area contributed by atoms with Crippen molar-refractivity contribution in [3.05, 3.63) is 36.5 Å². The third-order valence-corrected chi connectivity index (χ3v) is 3.40. The molecule has 0 unspecified atom stereocenters. The summed E-state index contributed by atoms with van der Waals surface area (Å²) < 4.78 is 1.09. The maximum absolute atomic E-state index is 10.3. The smallest absolute Gasteiger partial charge is 0.303 e. The lowest BCUT2D eigenvalue weighted by molar-refractivity contribution is -0.137. The van der Waals surface area contributed by atoms with Crippen molar-refractivity contribution in [3.63, 3.8) is 0 Å². The van der Waals surface area contributed by atoms with E-state index < -0.39 is 5.97 Å². The fraction of sp³-hybridized carbons (Fsp3) is 0.588. The third kappa shape index (κ3) is 17.4. The molecule has 0 bridgehead atoms. The van der Waals surface area contributed by atoms with Crippen LogP contribution in [0.2, 0.25) is 0 Å². The monoisotopic (exact) mass is 390 g/mol. The van der Waals surface area contributed by atoms with Gasteiger partial charge in [-0.05, 0) is 32.1 Å². The van der Waals surface area contributed by atoms with E-state index >= 15 is 0 Å². The molecule has 0 fully saturated rings. The molecule has 1 N–H and O–H groups in total. The van der Waals surface area contributed by atoms with Gasteiger partial charge in [0.25, 0.3) is 0 Å². The van der Waals surface area contributed by atoms with Crippen LogP contribution in [-0.4, -0.2) is 15.5 Å². The van der Waals surface area contributed by atoms with Crippen molar-refractivity contribution < 1.29 is 9.90 Å². The second-order valence-corrected chi connectivity index (χ2v) is 5.62. The molecule has 0 rings (SSSR count). The highest BCUT2D eigenvalue weighted by Gasteiger charge is 1.95. The molecule has 0 radical (unpaired) electrons.